The van der Waals surface area contributed by atoms with E-state index in [1.165, 1.54) is 0 Å². The summed E-state index contributed by atoms with van der Waals surface area (Å²) >= 11 is 0. The fraction of sp³-hybridized carbons (Fsp3) is 0.478. The van der Waals surface area contributed by atoms with Crippen molar-refractivity contribution in [2.45, 2.75) is 49.3 Å². The fourth-order valence-electron chi connectivity index (χ4n) is 3.68. The second-order valence-corrected chi connectivity index (χ2v) is 10.6. The van der Waals surface area contributed by atoms with Crippen LogP contribution in [0.15, 0.2) is 60.7 Å². The first-order valence-corrected chi connectivity index (χ1v) is 12.3. The molecule has 11 heteroatoms. The fourth-order valence-corrected chi connectivity index (χ4v) is 4.24. The second-order valence-electron chi connectivity index (χ2n) is 9.08. The van der Waals surface area contributed by atoms with Gasteiger partial charge >= 0.3 is 0 Å². The molecule has 0 aromatic heterocycles. The molecule has 34 heavy (non-hydrogen) atoms. The van der Waals surface area contributed by atoms with Crippen molar-refractivity contribution < 1.29 is 42.0 Å². The van der Waals surface area contributed by atoms with Crippen LogP contribution in [0.5, 0.6) is 0 Å². The van der Waals surface area contributed by atoms with Gasteiger partial charge in [0.1, 0.15) is 24.4 Å². The molecule has 10 nitrogen and oxygen atoms in total. The van der Waals surface area contributed by atoms with E-state index in [4.69, 9.17) is 14.2 Å². The van der Waals surface area contributed by atoms with Gasteiger partial charge in [0, 0.05) is 0 Å². The summed E-state index contributed by atoms with van der Waals surface area (Å²) in [4.78, 5) is 0. The van der Waals surface area contributed by atoms with Crippen molar-refractivity contribution in [3.05, 3.63) is 71.8 Å². The summed E-state index contributed by atoms with van der Waals surface area (Å²) in [5.41, 5.74) is 2.30. The van der Waals surface area contributed by atoms with Crippen molar-refractivity contribution in [3.63, 3.8) is 0 Å². The minimum absolute atomic E-state index is 0.0366. The van der Waals surface area contributed by atoms with Gasteiger partial charge in [0.2, 0.25) is 5.44 Å². The molecule has 1 aliphatic heterocycles. The zero-order valence-corrected chi connectivity index (χ0v) is 20.2. The molecule has 6 unspecified atom stereocenters. The maximum Gasteiger partial charge on any atom is 0.294 e. The Kier molecular flexibility index (Phi) is 8.79. The standard InChI is InChI=1S/C23H32N2O8S/c1-25(2,3)24-22-18(26)19(31-14-16-10-6-4-7-11-16)20(21(33-22)23(27)34(28,29)30)32-15-17-12-8-5-9-13-17/h4-13,18-24,26-27H,14-15H2,1-3H3/p+1. The summed E-state index contributed by atoms with van der Waals surface area (Å²) in [7, 11) is 0.427. The van der Waals surface area contributed by atoms with E-state index < -0.39 is 46.2 Å². The minimum Gasteiger partial charge on any atom is -0.386 e. The van der Waals surface area contributed by atoms with Gasteiger partial charge in [0.25, 0.3) is 10.1 Å². The SMILES string of the molecule is C[N+](C)(C)NC1OC(C(O)S(=O)(=O)O)C(OCc2ccccc2)C(OCc2ccccc2)C1O. The highest BCUT2D eigenvalue weighted by atomic mass is 32.2. The predicted molar refractivity (Wildman–Crippen MR) is 123 cm³/mol. The molecule has 1 aliphatic rings. The number of nitrogens with zero attached hydrogens (tertiary/aromatic N) is 1. The Labute approximate surface area is 200 Å². The van der Waals surface area contributed by atoms with E-state index in [-0.39, 0.29) is 17.8 Å². The summed E-state index contributed by atoms with van der Waals surface area (Å²) in [6.45, 7) is 0.133. The van der Waals surface area contributed by atoms with Crippen molar-refractivity contribution in [1.29, 1.82) is 0 Å². The number of hydrogen-bond acceptors (Lipinski definition) is 8. The molecule has 3 rings (SSSR count). The third kappa shape index (κ3) is 7.28. The lowest BCUT2D eigenvalue weighted by Gasteiger charge is -2.46. The summed E-state index contributed by atoms with van der Waals surface area (Å²) < 4.78 is 51.2. The van der Waals surface area contributed by atoms with Crippen molar-refractivity contribution in [2.75, 3.05) is 21.1 Å². The van der Waals surface area contributed by atoms with E-state index in [2.05, 4.69) is 5.43 Å². The first-order valence-electron chi connectivity index (χ1n) is 10.8. The predicted octanol–water partition coefficient (Wildman–Crippen LogP) is 0.660. The highest BCUT2D eigenvalue weighted by Crippen LogP contribution is 2.30. The minimum atomic E-state index is -4.91. The van der Waals surface area contributed by atoms with E-state index in [9.17, 15) is 23.2 Å². The van der Waals surface area contributed by atoms with Gasteiger partial charge in [-0.15, -0.1) is 5.43 Å². The van der Waals surface area contributed by atoms with Crippen molar-refractivity contribution in [2.24, 2.45) is 0 Å². The molecule has 1 fully saturated rings. The van der Waals surface area contributed by atoms with Gasteiger partial charge in [0.05, 0.1) is 34.4 Å². The van der Waals surface area contributed by atoms with Gasteiger partial charge in [-0.2, -0.15) is 8.42 Å². The average Bonchev–Trinajstić information content (AvgIpc) is 2.78. The van der Waals surface area contributed by atoms with E-state index in [1.807, 2.05) is 60.7 Å². The molecule has 1 saturated heterocycles. The Morgan fingerprint density at radius 1 is 0.941 bits per heavy atom. The highest BCUT2D eigenvalue weighted by molar-refractivity contribution is 7.86. The molecular weight excluding hydrogens is 464 g/mol. The molecule has 0 amide bonds. The molecule has 0 aliphatic carbocycles. The van der Waals surface area contributed by atoms with Crippen LogP contribution in [0.4, 0.5) is 0 Å². The lowest BCUT2D eigenvalue weighted by Crippen LogP contribution is -2.69. The molecule has 2 aromatic rings. The number of rotatable bonds is 10. The van der Waals surface area contributed by atoms with Crippen LogP contribution >= 0.6 is 0 Å². The molecule has 4 N–H and O–H groups in total. The molecule has 2 aromatic carbocycles. The van der Waals surface area contributed by atoms with Gasteiger partial charge < -0.3 is 24.4 Å². The second kappa shape index (κ2) is 11.2. The largest absolute Gasteiger partial charge is 0.386 e. The third-order valence-electron chi connectivity index (χ3n) is 5.27. The summed E-state index contributed by atoms with van der Waals surface area (Å²) in [5, 5.41) is 21.6. The lowest BCUT2D eigenvalue weighted by molar-refractivity contribution is -0.922. The number of aliphatic hydroxyl groups excluding tert-OH is 2. The van der Waals surface area contributed by atoms with Crippen LogP contribution in [-0.2, 0) is 37.5 Å². The highest BCUT2D eigenvalue weighted by Gasteiger charge is 2.53. The quantitative estimate of drug-likeness (QED) is 0.212. The number of nitrogens with one attached hydrogen (secondary N) is 1. The van der Waals surface area contributed by atoms with Gasteiger partial charge in [-0.05, 0) is 11.1 Å². The van der Waals surface area contributed by atoms with Crippen molar-refractivity contribution >= 4 is 10.1 Å². The summed E-state index contributed by atoms with van der Waals surface area (Å²) in [6, 6.07) is 18.3. The molecule has 0 spiro atoms. The van der Waals surface area contributed by atoms with Crippen LogP contribution in [-0.4, -0.2) is 85.0 Å². The average molecular weight is 498 g/mol. The maximum absolute atomic E-state index is 11.9. The van der Waals surface area contributed by atoms with Crippen LogP contribution < -0.4 is 5.43 Å². The van der Waals surface area contributed by atoms with Crippen LogP contribution in [0.2, 0.25) is 0 Å². The summed E-state index contributed by atoms with van der Waals surface area (Å²) in [6.07, 6.45) is -6.28. The molecular formula is C23H33N2O8S+. The van der Waals surface area contributed by atoms with Crippen LogP contribution in [0.25, 0.3) is 0 Å². The van der Waals surface area contributed by atoms with Crippen LogP contribution in [0.1, 0.15) is 11.1 Å². The molecule has 1 heterocycles. The van der Waals surface area contributed by atoms with E-state index in [1.54, 1.807) is 21.1 Å². The monoisotopic (exact) mass is 497 g/mol. The van der Waals surface area contributed by atoms with E-state index in [0.717, 1.165) is 11.1 Å². The van der Waals surface area contributed by atoms with Crippen LogP contribution in [0, 0.1) is 0 Å². The van der Waals surface area contributed by atoms with Gasteiger partial charge in [-0.1, -0.05) is 60.7 Å². The molecule has 188 valence electrons. The topological polar surface area (TPSA) is 135 Å². The van der Waals surface area contributed by atoms with Crippen molar-refractivity contribution in [1.82, 2.24) is 5.43 Å². The Morgan fingerprint density at radius 2 is 1.41 bits per heavy atom. The van der Waals surface area contributed by atoms with Crippen molar-refractivity contribution in [3.8, 4) is 0 Å². The molecule has 0 radical (unpaired) electrons. The number of quaternary nitrogens is 1. The Balaban J connectivity index is 1.93. The maximum atomic E-state index is 11.9. The molecule has 6 atom stereocenters. The summed E-state index contributed by atoms with van der Waals surface area (Å²) in [5.74, 6) is 0. The van der Waals surface area contributed by atoms with Gasteiger partial charge in [0.15, 0.2) is 6.23 Å². The number of benzene rings is 2. The molecule has 0 saturated carbocycles. The van der Waals surface area contributed by atoms with Gasteiger partial charge in [-0.3, -0.25) is 9.14 Å². The zero-order valence-electron chi connectivity index (χ0n) is 19.4. The Bertz CT molecular complexity index is 1000. The number of aliphatic hydroxyl groups is 2. The number of ether oxygens (including phenoxy) is 3. The van der Waals surface area contributed by atoms with E-state index in [0.29, 0.717) is 0 Å². The lowest BCUT2D eigenvalue weighted by atomic mass is 9.97. The number of hydrogen-bond donors (Lipinski definition) is 4. The Hall–Kier alpha value is -1.93. The Morgan fingerprint density at radius 3 is 1.85 bits per heavy atom. The van der Waals surface area contributed by atoms with E-state index >= 15 is 0 Å². The zero-order chi connectivity index (χ0) is 24.9. The normalized spacial score (nSPS) is 26.8. The smallest absolute Gasteiger partial charge is 0.294 e. The van der Waals surface area contributed by atoms with Gasteiger partial charge in [-0.25, -0.2) is 0 Å². The van der Waals surface area contributed by atoms with Crippen LogP contribution in [0.3, 0.4) is 0 Å². The first kappa shape index (κ1) is 26.7. The third-order valence-corrected chi connectivity index (χ3v) is 6.15. The first-order chi connectivity index (χ1) is 16.0. The molecule has 0 bridgehead atoms.